The van der Waals surface area contributed by atoms with Crippen molar-refractivity contribution in [2.24, 2.45) is 5.92 Å². The summed E-state index contributed by atoms with van der Waals surface area (Å²) in [5.74, 6) is 0.746. The summed E-state index contributed by atoms with van der Waals surface area (Å²) in [6, 6.07) is 5.92. The fourth-order valence-electron chi connectivity index (χ4n) is 2.51. The van der Waals surface area contributed by atoms with Crippen molar-refractivity contribution >= 4 is 23.0 Å². The van der Waals surface area contributed by atoms with Gasteiger partial charge in [0.15, 0.2) is 0 Å². The van der Waals surface area contributed by atoms with Gasteiger partial charge in [-0.15, -0.1) is 0 Å². The van der Waals surface area contributed by atoms with Crippen LogP contribution in [0.2, 0.25) is 5.02 Å². The SMILES string of the molecule is Nc1ccc(Cl)cc1NC1CCOC1C1CC1. The van der Waals surface area contributed by atoms with Gasteiger partial charge in [0.2, 0.25) is 0 Å². The number of ether oxygens (including phenoxy) is 1. The van der Waals surface area contributed by atoms with Crippen molar-refractivity contribution < 1.29 is 4.74 Å². The van der Waals surface area contributed by atoms with Crippen LogP contribution in [-0.2, 0) is 4.74 Å². The van der Waals surface area contributed by atoms with Crippen LogP contribution in [0.1, 0.15) is 19.3 Å². The first kappa shape index (κ1) is 11.2. The smallest absolute Gasteiger partial charge is 0.0804 e. The van der Waals surface area contributed by atoms with Gasteiger partial charge < -0.3 is 15.8 Å². The number of rotatable bonds is 3. The quantitative estimate of drug-likeness (QED) is 0.814. The third kappa shape index (κ3) is 2.35. The molecule has 1 saturated heterocycles. The van der Waals surface area contributed by atoms with Crippen LogP contribution in [0.4, 0.5) is 11.4 Å². The first-order valence-corrected chi connectivity index (χ1v) is 6.55. The molecule has 0 aromatic heterocycles. The molecule has 1 heterocycles. The van der Waals surface area contributed by atoms with Crippen molar-refractivity contribution in [3.63, 3.8) is 0 Å². The minimum absolute atomic E-state index is 0.355. The van der Waals surface area contributed by atoms with Gasteiger partial charge in [0, 0.05) is 11.6 Å². The second-order valence-electron chi connectivity index (χ2n) is 4.94. The van der Waals surface area contributed by atoms with E-state index in [2.05, 4.69) is 5.32 Å². The van der Waals surface area contributed by atoms with E-state index in [1.54, 1.807) is 0 Å². The number of anilines is 2. The lowest BCUT2D eigenvalue weighted by Gasteiger charge is -2.21. The molecule has 0 amide bonds. The molecular weight excluding hydrogens is 236 g/mol. The van der Waals surface area contributed by atoms with Gasteiger partial charge in [-0.25, -0.2) is 0 Å². The van der Waals surface area contributed by atoms with Gasteiger partial charge in [-0.3, -0.25) is 0 Å². The first-order chi connectivity index (χ1) is 8.24. The Bertz CT molecular complexity index is 420. The van der Waals surface area contributed by atoms with Gasteiger partial charge >= 0.3 is 0 Å². The highest BCUT2D eigenvalue weighted by molar-refractivity contribution is 6.31. The maximum Gasteiger partial charge on any atom is 0.0804 e. The van der Waals surface area contributed by atoms with E-state index in [-0.39, 0.29) is 0 Å². The van der Waals surface area contributed by atoms with Crippen LogP contribution in [0.3, 0.4) is 0 Å². The third-order valence-electron chi connectivity index (χ3n) is 3.58. The molecule has 1 aliphatic carbocycles. The summed E-state index contributed by atoms with van der Waals surface area (Å²) in [6.07, 6.45) is 4.00. The first-order valence-electron chi connectivity index (χ1n) is 6.17. The molecule has 1 aromatic carbocycles. The van der Waals surface area contributed by atoms with E-state index in [4.69, 9.17) is 22.1 Å². The third-order valence-corrected chi connectivity index (χ3v) is 3.81. The Balaban J connectivity index is 1.74. The number of nitrogens with two attached hydrogens (primary N) is 1. The topological polar surface area (TPSA) is 47.3 Å². The molecule has 0 radical (unpaired) electrons. The van der Waals surface area contributed by atoms with Crippen molar-refractivity contribution in [2.75, 3.05) is 17.7 Å². The van der Waals surface area contributed by atoms with Crippen LogP contribution >= 0.6 is 11.6 Å². The van der Waals surface area contributed by atoms with Crippen molar-refractivity contribution in [2.45, 2.75) is 31.4 Å². The summed E-state index contributed by atoms with van der Waals surface area (Å²) >= 11 is 5.99. The minimum Gasteiger partial charge on any atom is -0.397 e. The van der Waals surface area contributed by atoms with Gasteiger partial charge in [0.1, 0.15) is 0 Å². The zero-order valence-electron chi connectivity index (χ0n) is 9.66. The molecule has 2 aliphatic rings. The predicted molar refractivity (Wildman–Crippen MR) is 70.4 cm³/mol. The number of hydrogen-bond acceptors (Lipinski definition) is 3. The number of hydrogen-bond donors (Lipinski definition) is 2. The zero-order chi connectivity index (χ0) is 11.8. The summed E-state index contributed by atoms with van der Waals surface area (Å²) in [6.45, 7) is 0.847. The second kappa shape index (κ2) is 4.39. The Morgan fingerprint density at radius 2 is 2.12 bits per heavy atom. The van der Waals surface area contributed by atoms with Crippen LogP contribution < -0.4 is 11.1 Å². The fraction of sp³-hybridized carbons (Fsp3) is 0.538. The Morgan fingerprint density at radius 3 is 2.88 bits per heavy atom. The molecule has 1 aliphatic heterocycles. The van der Waals surface area contributed by atoms with Crippen LogP contribution in [-0.4, -0.2) is 18.8 Å². The Morgan fingerprint density at radius 1 is 1.29 bits per heavy atom. The molecule has 92 valence electrons. The minimum atomic E-state index is 0.355. The summed E-state index contributed by atoms with van der Waals surface area (Å²) < 4.78 is 5.80. The molecular formula is C13H17ClN2O. The largest absolute Gasteiger partial charge is 0.397 e. The molecule has 17 heavy (non-hydrogen) atoms. The molecule has 2 fully saturated rings. The van der Waals surface area contributed by atoms with Crippen molar-refractivity contribution in [1.29, 1.82) is 0 Å². The molecule has 2 atom stereocenters. The summed E-state index contributed by atoms with van der Waals surface area (Å²) in [5.41, 5.74) is 7.62. The molecule has 3 N–H and O–H groups in total. The molecule has 3 rings (SSSR count). The molecule has 1 saturated carbocycles. The average molecular weight is 253 g/mol. The fourth-order valence-corrected chi connectivity index (χ4v) is 2.68. The molecule has 2 unspecified atom stereocenters. The van der Waals surface area contributed by atoms with E-state index in [1.165, 1.54) is 12.8 Å². The standard InChI is InChI=1S/C13H17ClN2O/c14-9-3-4-10(15)12(7-9)16-11-5-6-17-13(11)8-1-2-8/h3-4,7-8,11,13,16H,1-2,5-6,15H2. The molecule has 0 spiro atoms. The van der Waals surface area contributed by atoms with Gasteiger partial charge in [-0.05, 0) is 43.4 Å². The number of benzene rings is 1. The van der Waals surface area contributed by atoms with Gasteiger partial charge in [0.05, 0.1) is 23.5 Å². The van der Waals surface area contributed by atoms with Gasteiger partial charge in [0.25, 0.3) is 0 Å². The zero-order valence-corrected chi connectivity index (χ0v) is 10.4. The Kier molecular flexibility index (Phi) is 2.89. The lowest BCUT2D eigenvalue weighted by molar-refractivity contribution is 0.0898. The molecule has 1 aromatic rings. The summed E-state index contributed by atoms with van der Waals surface area (Å²) in [5, 5.41) is 4.20. The van der Waals surface area contributed by atoms with Gasteiger partial charge in [-0.2, -0.15) is 0 Å². The number of nitrogens with one attached hydrogen (secondary N) is 1. The molecule has 0 bridgehead atoms. The number of halogens is 1. The molecule has 4 heteroatoms. The van der Waals surface area contributed by atoms with E-state index >= 15 is 0 Å². The maximum atomic E-state index is 5.99. The Hall–Kier alpha value is -0.930. The highest BCUT2D eigenvalue weighted by Gasteiger charge is 2.40. The van der Waals surface area contributed by atoms with Gasteiger partial charge in [-0.1, -0.05) is 11.6 Å². The lowest BCUT2D eigenvalue weighted by atomic mass is 10.1. The predicted octanol–water partition coefficient (Wildman–Crippen LogP) is 2.90. The van der Waals surface area contributed by atoms with Crippen molar-refractivity contribution in [3.05, 3.63) is 23.2 Å². The highest BCUT2D eigenvalue weighted by atomic mass is 35.5. The van der Waals surface area contributed by atoms with Crippen LogP contribution in [0.15, 0.2) is 18.2 Å². The molecule has 3 nitrogen and oxygen atoms in total. The maximum absolute atomic E-state index is 5.99. The van der Waals surface area contributed by atoms with Crippen LogP contribution in [0.5, 0.6) is 0 Å². The second-order valence-corrected chi connectivity index (χ2v) is 5.38. The van der Waals surface area contributed by atoms with E-state index in [0.717, 1.165) is 30.3 Å². The van der Waals surface area contributed by atoms with Crippen LogP contribution in [0, 0.1) is 5.92 Å². The van der Waals surface area contributed by atoms with Crippen molar-refractivity contribution in [1.82, 2.24) is 0 Å². The van der Waals surface area contributed by atoms with Crippen LogP contribution in [0.25, 0.3) is 0 Å². The lowest BCUT2D eigenvalue weighted by Crippen LogP contribution is -2.31. The number of nitrogen functional groups attached to an aromatic ring is 1. The normalized spacial score (nSPS) is 28.3. The van der Waals surface area contributed by atoms with E-state index in [9.17, 15) is 0 Å². The highest BCUT2D eigenvalue weighted by Crippen LogP contribution is 2.40. The van der Waals surface area contributed by atoms with E-state index in [1.807, 2.05) is 18.2 Å². The summed E-state index contributed by atoms with van der Waals surface area (Å²) in [7, 11) is 0. The monoisotopic (exact) mass is 252 g/mol. The van der Waals surface area contributed by atoms with E-state index in [0.29, 0.717) is 17.2 Å². The average Bonchev–Trinajstić information content (AvgIpc) is 3.05. The Labute approximate surface area is 106 Å². The van der Waals surface area contributed by atoms with E-state index < -0.39 is 0 Å². The van der Waals surface area contributed by atoms with Crippen molar-refractivity contribution in [3.8, 4) is 0 Å². The summed E-state index contributed by atoms with van der Waals surface area (Å²) in [4.78, 5) is 0.